The number of hydrogen-bond acceptors (Lipinski definition) is 6. The predicted octanol–water partition coefficient (Wildman–Crippen LogP) is 1.61. The van der Waals surface area contributed by atoms with Crippen molar-refractivity contribution in [2.24, 2.45) is 0 Å². The van der Waals surface area contributed by atoms with Crippen LogP contribution >= 0.6 is 0 Å². The van der Waals surface area contributed by atoms with E-state index in [0.29, 0.717) is 0 Å². The molecule has 0 saturated heterocycles. The summed E-state index contributed by atoms with van der Waals surface area (Å²) < 4.78 is 18.0. The van der Waals surface area contributed by atoms with Crippen LogP contribution in [0.5, 0.6) is 0 Å². The van der Waals surface area contributed by atoms with Gasteiger partial charge in [-0.3, -0.25) is 9.67 Å². The van der Waals surface area contributed by atoms with Crippen molar-refractivity contribution in [3.63, 3.8) is 0 Å². The number of hydrogen-bond donors (Lipinski definition) is 0. The number of aromatic nitrogens is 4. The molecule has 0 amide bonds. The molecule has 0 radical (unpaired) electrons. The summed E-state index contributed by atoms with van der Waals surface area (Å²) in [5.74, 6) is 0. The molecule has 0 N–H and O–H groups in total. The highest BCUT2D eigenvalue weighted by Crippen LogP contribution is 2.16. The molecule has 2 rings (SSSR count). The minimum absolute atomic E-state index is 0.727. The van der Waals surface area contributed by atoms with E-state index in [0.717, 1.165) is 30.4 Å². The first-order valence-corrected chi connectivity index (χ1v) is 8.63. The predicted molar refractivity (Wildman–Crippen MR) is 79.5 cm³/mol. The quantitative estimate of drug-likeness (QED) is 0.690. The Morgan fingerprint density at radius 1 is 1.10 bits per heavy atom. The van der Waals surface area contributed by atoms with Crippen LogP contribution in [0.3, 0.4) is 0 Å². The lowest BCUT2D eigenvalue weighted by Gasteiger charge is -2.24. The van der Waals surface area contributed by atoms with Gasteiger partial charge >= 0.3 is 8.80 Å². The molecule has 8 heteroatoms. The first-order valence-electron chi connectivity index (χ1n) is 6.70. The van der Waals surface area contributed by atoms with Crippen molar-refractivity contribution >= 4 is 8.80 Å². The fourth-order valence-corrected chi connectivity index (χ4v) is 3.76. The molecule has 0 aliphatic rings. The maximum Gasteiger partial charge on any atom is 0.500 e. The summed E-state index contributed by atoms with van der Waals surface area (Å²) in [4.78, 5) is 4.25. The van der Waals surface area contributed by atoms with Crippen molar-refractivity contribution in [2.45, 2.75) is 19.0 Å². The van der Waals surface area contributed by atoms with Crippen LogP contribution in [0.15, 0.2) is 30.6 Å². The van der Waals surface area contributed by atoms with E-state index < -0.39 is 8.80 Å². The van der Waals surface area contributed by atoms with E-state index in [4.69, 9.17) is 13.3 Å². The molecule has 0 bridgehead atoms. The Kier molecular flexibility index (Phi) is 5.57. The third kappa shape index (κ3) is 3.94. The Bertz CT molecular complexity index is 537. The molecule has 0 spiro atoms. The number of pyridine rings is 1. The fraction of sp³-hybridized carbons (Fsp3) is 0.462. The second-order valence-corrected chi connectivity index (χ2v) is 7.57. The summed E-state index contributed by atoms with van der Waals surface area (Å²) in [6.07, 6.45) is 4.47. The lowest BCUT2D eigenvalue weighted by atomic mass is 10.3. The van der Waals surface area contributed by atoms with E-state index in [1.807, 2.05) is 24.4 Å². The highest BCUT2D eigenvalue weighted by molar-refractivity contribution is 6.60. The fourth-order valence-electron chi connectivity index (χ4n) is 2.05. The number of nitrogens with zero attached hydrogens (tertiary/aromatic N) is 4. The van der Waals surface area contributed by atoms with Crippen LogP contribution in [-0.4, -0.2) is 50.1 Å². The summed E-state index contributed by atoms with van der Waals surface area (Å²) in [6, 6.07) is 6.44. The Balaban J connectivity index is 1.92. The smallest absolute Gasteiger partial charge is 0.377 e. The van der Waals surface area contributed by atoms with Crippen molar-refractivity contribution < 1.29 is 13.3 Å². The van der Waals surface area contributed by atoms with E-state index in [1.165, 1.54) is 0 Å². The van der Waals surface area contributed by atoms with Crippen molar-refractivity contribution in [3.05, 3.63) is 30.6 Å². The van der Waals surface area contributed by atoms with Crippen LogP contribution in [0, 0.1) is 0 Å². The molecule has 114 valence electrons. The largest absolute Gasteiger partial charge is 0.500 e. The molecule has 7 nitrogen and oxygen atoms in total. The van der Waals surface area contributed by atoms with E-state index in [-0.39, 0.29) is 0 Å². The summed E-state index contributed by atoms with van der Waals surface area (Å²) >= 11 is 0. The van der Waals surface area contributed by atoms with Gasteiger partial charge in [-0.25, -0.2) is 0 Å². The molecular weight excluding hydrogens is 288 g/mol. The third-order valence-corrected chi connectivity index (χ3v) is 6.10. The maximum atomic E-state index is 5.39. The van der Waals surface area contributed by atoms with Gasteiger partial charge < -0.3 is 13.3 Å². The lowest BCUT2D eigenvalue weighted by molar-refractivity contribution is 0.122. The molecular formula is C13H20N4O3Si. The first-order chi connectivity index (χ1) is 10.2. The summed E-state index contributed by atoms with van der Waals surface area (Å²) in [5.41, 5.74) is 1.59. The van der Waals surface area contributed by atoms with Crippen molar-refractivity contribution in [1.82, 2.24) is 20.0 Å². The van der Waals surface area contributed by atoms with Crippen LogP contribution in [0.4, 0.5) is 0 Å². The van der Waals surface area contributed by atoms with Gasteiger partial charge in [0.2, 0.25) is 0 Å². The molecule has 0 unspecified atom stereocenters. The zero-order valence-corrected chi connectivity index (χ0v) is 13.5. The van der Waals surface area contributed by atoms with Gasteiger partial charge in [0.05, 0.1) is 11.9 Å². The first kappa shape index (κ1) is 15.8. The Morgan fingerprint density at radius 2 is 1.86 bits per heavy atom. The summed E-state index contributed by atoms with van der Waals surface area (Å²) in [6.45, 7) is 0.727. The normalized spacial score (nSPS) is 11.8. The SMILES string of the molecule is CO[Si](CCCn1cc(-c2ccccn2)nn1)(OC)OC. The highest BCUT2D eigenvalue weighted by Gasteiger charge is 2.36. The third-order valence-electron chi connectivity index (χ3n) is 3.27. The highest BCUT2D eigenvalue weighted by atomic mass is 28.4. The van der Waals surface area contributed by atoms with Gasteiger partial charge in [0.1, 0.15) is 5.69 Å². The average molecular weight is 308 g/mol. The average Bonchev–Trinajstić information content (AvgIpc) is 3.02. The zero-order valence-electron chi connectivity index (χ0n) is 12.5. The number of rotatable bonds is 8. The summed E-state index contributed by atoms with van der Waals surface area (Å²) in [7, 11) is 2.35. The molecule has 0 fully saturated rings. The van der Waals surface area contributed by atoms with Crippen LogP contribution in [-0.2, 0) is 19.8 Å². The minimum atomic E-state index is -2.50. The van der Waals surface area contributed by atoms with Crippen molar-refractivity contribution in [1.29, 1.82) is 0 Å². The van der Waals surface area contributed by atoms with Gasteiger partial charge in [0, 0.05) is 40.1 Å². The second-order valence-electron chi connectivity index (χ2n) is 4.48. The van der Waals surface area contributed by atoms with Crippen LogP contribution in [0.2, 0.25) is 6.04 Å². The van der Waals surface area contributed by atoms with Gasteiger partial charge in [-0.2, -0.15) is 0 Å². The second kappa shape index (κ2) is 7.41. The monoisotopic (exact) mass is 308 g/mol. The van der Waals surface area contributed by atoms with Gasteiger partial charge in [-0.05, 0) is 18.6 Å². The maximum absolute atomic E-state index is 5.39. The van der Waals surface area contributed by atoms with Gasteiger partial charge in [0.15, 0.2) is 0 Å². The molecule has 0 aliphatic carbocycles. The minimum Gasteiger partial charge on any atom is -0.377 e. The molecule has 0 aliphatic heterocycles. The Hall–Kier alpha value is -1.61. The van der Waals surface area contributed by atoms with Gasteiger partial charge in [-0.15, -0.1) is 5.10 Å². The van der Waals surface area contributed by atoms with E-state index in [2.05, 4.69) is 15.3 Å². The van der Waals surface area contributed by atoms with E-state index in [9.17, 15) is 0 Å². The van der Waals surface area contributed by atoms with Gasteiger partial charge in [0.25, 0.3) is 0 Å². The molecule has 2 aromatic rings. The molecule has 0 aromatic carbocycles. The molecule has 0 saturated carbocycles. The van der Waals surface area contributed by atoms with Crippen molar-refractivity contribution in [2.75, 3.05) is 21.3 Å². The van der Waals surface area contributed by atoms with Crippen LogP contribution < -0.4 is 0 Å². The van der Waals surface area contributed by atoms with Crippen LogP contribution in [0.1, 0.15) is 6.42 Å². The van der Waals surface area contributed by atoms with E-state index >= 15 is 0 Å². The zero-order chi connectivity index (χ0) is 15.1. The molecule has 21 heavy (non-hydrogen) atoms. The van der Waals surface area contributed by atoms with Gasteiger partial charge in [-0.1, -0.05) is 11.3 Å². The Morgan fingerprint density at radius 3 is 2.48 bits per heavy atom. The lowest BCUT2D eigenvalue weighted by Crippen LogP contribution is -2.42. The van der Waals surface area contributed by atoms with E-state index in [1.54, 1.807) is 32.2 Å². The van der Waals surface area contributed by atoms with Crippen LogP contribution in [0.25, 0.3) is 11.4 Å². The summed E-state index contributed by atoms with van der Waals surface area (Å²) in [5, 5.41) is 8.24. The molecule has 0 atom stereocenters. The van der Waals surface area contributed by atoms with Crippen molar-refractivity contribution in [3.8, 4) is 11.4 Å². The number of aryl methyl sites for hydroxylation is 1. The topological polar surface area (TPSA) is 71.3 Å². The standard InChI is InChI=1S/C13H20N4O3Si/c1-18-21(19-2,20-3)10-6-9-17-11-13(15-16-17)12-7-4-5-8-14-12/h4-5,7-8,11H,6,9-10H2,1-3H3. The Labute approximate surface area is 125 Å². The molecule has 2 aromatic heterocycles. The molecule has 2 heterocycles.